The molecule has 0 heteroatoms. The Kier molecular flexibility index (Phi) is 6.14. The van der Waals surface area contributed by atoms with E-state index in [0.29, 0.717) is 0 Å². The maximum Gasteiger partial charge on any atom is -0.0286 e. The third-order valence-electron chi connectivity index (χ3n) is 2.72. The van der Waals surface area contributed by atoms with Crippen LogP contribution in [0.5, 0.6) is 0 Å². The summed E-state index contributed by atoms with van der Waals surface area (Å²) in [5.74, 6) is 0. The smallest absolute Gasteiger partial charge is 0.0286 e. The molecule has 0 nitrogen and oxygen atoms in total. The number of rotatable bonds is 5. The van der Waals surface area contributed by atoms with Crippen LogP contribution < -0.4 is 0 Å². The Morgan fingerprint density at radius 2 is 2.00 bits per heavy atom. The zero-order valence-corrected chi connectivity index (χ0v) is 9.17. The van der Waals surface area contributed by atoms with Crippen molar-refractivity contribution >= 4 is 0 Å². The molecule has 1 aliphatic carbocycles. The zero-order chi connectivity index (χ0) is 10.1. The molecule has 0 atom stereocenters. The Morgan fingerprint density at radius 3 is 2.86 bits per heavy atom. The van der Waals surface area contributed by atoms with Gasteiger partial charge in [0, 0.05) is 0 Å². The first-order valence-corrected chi connectivity index (χ1v) is 5.87. The van der Waals surface area contributed by atoms with Gasteiger partial charge in [0.15, 0.2) is 0 Å². The van der Waals surface area contributed by atoms with Crippen molar-refractivity contribution in [3.05, 3.63) is 36.5 Å². The summed E-state index contributed by atoms with van der Waals surface area (Å²) in [5, 5.41) is 0. The Morgan fingerprint density at radius 1 is 1.14 bits per heavy atom. The first kappa shape index (κ1) is 11.3. The van der Waals surface area contributed by atoms with Gasteiger partial charge in [-0.25, -0.2) is 0 Å². The summed E-state index contributed by atoms with van der Waals surface area (Å²) in [6, 6.07) is 0. The molecule has 0 heterocycles. The highest BCUT2D eigenvalue weighted by Crippen LogP contribution is 2.18. The number of unbranched alkanes of at least 4 members (excludes halogenated alkanes) is 2. The van der Waals surface area contributed by atoms with Crippen molar-refractivity contribution in [2.75, 3.05) is 0 Å². The first-order chi connectivity index (χ1) is 6.93. The van der Waals surface area contributed by atoms with Crippen LogP contribution in [-0.2, 0) is 0 Å². The predicted molar refractivity (Wildman–Crippen MR) is 64.4 cm³/mol. The summed E-state index contributed by atoms with van der Waals surface area (Å²) >= 11 is 0. The van der Waals surface area contributed by atoms with Crippen molar-refractivity contribution in [3.8, 4) is 0 Å². The van der Waals surface area contributed by atoms with Crippen molar-refractivity contribution in [1.29, 1.82) is 0 Å². The molecule has 14 heavy (non-hydrogen) atoms. The second-order valence-corrected chi connectivity index (χ2v) is 3.98. The summed E-state index contributed by atoms with van der Waals surface area (Å²) in [6.45, 7) is 3.75. The molecular formula is C14H22. The van der Waals surface area contributed by atoms with Gasteiger partial charge in [-0.15, -0.1) is 6.58 Å². The van der Waals surface area contributed by atoms with E-state index >= 15 is 0 Å². The lowest BCUT2D eigenvalue weighted by Gasteiger charge is -2.07. The van der Waals surface area contributed by atoms with Gasteiger partial charge in [0.1, 0.15) is 0 Å². The highest BCUT2D eigenvalue weighted by Gasteiger charge is 1.98. The van der Waals surface area contributed by atoms with Crippen molar-refractivity contribution < 1.29 is 0 Å². The van der Waals surface area contributed by atoms with E-state index in [-0.39, 0.29) is 0 Å². The summed E-state index contributed by atoms with van der Waals surface area (Å²) in [5.41, 5.74) is 1.68. The molecule has 0 spiro atoms. The summed E-state index contributed by atoms with van der Waals surface area (Å²) in [7, 11) is 0. The van der Waals surface area contributed by atoms with Crippen molar-refractivity contribution in [2.24, 2.45) is 0 Å². The molecular weight excluding hydrogens is 168 g/mol. The minimum absolute atomic E-state index is 1.17. The average molecular weight is 190 g/mol. The van der Waals surface area contributed by atoms with Crippen LogP contribution in [0.2, 0.25) is 0 Å². The molecule has 0 radical (unpaired) electrons. The Hall–Kier alpha value is -0.780. The van der Waals surface area contributed by atoms with Gasteiger partial charge in [0.25, 0.3) is 0 Å². The molecule has 0 amide bonds. The Balaban J connectivity index is 2.17. The second-order valence-electron chi connectivity index (χ2n) is 3.98. The maximum atomic E-state index is 3.75. The number of hydrogen-bond donors (Lipinski definition) is 0. The molecule has 78 valence electrons. The predicted octanol–water partition coefficient (Wildman–Crippen LogP) is 4.79. The van der Waals surface area contributed by atoms with Crippen LogP contribution in [0.25, 0.3) is 0 Å². The lowest BCUT2D eigenvalue weighted by molar-refractivity contribution is 0.713. The lowest BCUT2D eigenvalue weighted by Crippen LogP contribution is -1.87. The summed E-state index contributed by atoms with van der Waals surface area (Å²) in [4.78, 5) is 0. The highest BCUT2D eigenvalue weighted by molar-refractivity contribution is 5.06. The van der Waals surface area contributed by atoms with Crippen LogP contribution in [0, 0.1) is 0 Å². The van der Waals surface area contributed by atoms with E-state index in [0.717, 1.165) is 0 Å². The minimum atomic E-state index is 1.17. The van der Waals surface area contributed by atoms with Gasteiger partial charge >= 0.3 is 0 Å². The van der Waals surface area contributed by atoms with E-state index < -0.39 is 0 Å². The maximum absolute atomic E-state index is 3.75. The van der Waals surface area contributed by atoms with E-state index in [1.165, 1.54) is 51.4 Å². The molecule has 1 rings (SSSR count). The van der Waals surface area contributed by atoms with Gasteiger partial charge in [-0.1, -0.05) is 29.9 Å². The van der Waals surface area contributed by atoms with Gasteiger partial charge in [-0.3, -0.25) is 0 Å². The Labute approximate surface area is 88.4 Å². The molecule has 0 fully saturated rings. The fourth-order valence-corrected chi connectivity index (χ4v) is 1.86. The molecule has 0 aliphatic heterocycles. The molecule has 0 unspecified atom stereocenters. The van der Waals surface area contributed by atoms with Gasteiger partial charge in [-0.05, 0) is 51.4 Å². The van der Waals surface area contributed by atoms with E-state index in [4.69, 9.17) is 0 Å². The minimum Gasteiger partial charge on any atom is -0.103 e. The highest BCUT2D eigenvalue weighted by atomic mass is 14.0. The zero-order valence-electron chi connectivity index (χ0n) is 9.17. The number of allylic oxidation sites excluding steroid dienone is 5. The van der Waals surface area contributed by atoms with E-state index in [1.54, 1.807) is 5.57 Å². The average Bonchev–Trinajstić information content (AvgIpc) is 2.15. The van der Waals surface area contributed by atoms with Crippen LogP contribution in [0.4, 0.5) is 0 Å². The second kappa shape index (κ2) is 7.61. The van der Waals surface area contributed by atoms with E-state index in [9.17, 15) is 0 Å². The fourth-order valence-electron chi connectivity index (χ4n) is 1.86. The van der Waals surface area contributed by atoms with Crippen molar-refractivity contribution in [1.82, 2.24) is 0 Å². The Bertz CT molecular complexity index is 208. The standard InChI is InChI=1S/C14H22/c1-2-3-4-8-11-14-12-9-6-5-7-10-13-14/h2,5-6,13H,1,3-4,7-12H2/b6-5-,14-13-. The molecule has 0 aromatic carbocycles. The summed E-state index contributed by atoms with van der Waals surface area (Å²) in [6.07, 6.45) is 19.2. The third-order valence-corrected chi connectivity index (χ3v) is 2.72. The van der Waals surface area contributed by atoms with Crippen LogP contribution in [-0.4, -0.2) is 0 Å². The lowest BCUT2D eigenvalue weighted by atomic mass is 9.99. The van der Waals surface area contributed by atoms with Gasteiger partial charge < -0.3 is 0 Å². The monoisotopic (exact) mass is 190 g/mol. The molecule has 1 aliphatic rings. The third kappa shape index (κ3) is 5.06. The van der Waals surface area contributed by atoms with E-state index in [2.05, 4.69) is 24.8 Å². The van der Waals surface area contributed by atoms with Gasteiger partial charge in [-0.2, -0.15) is 0 Å². The SMILES string of the molecule is C=CCCCC/C1=C/CC/C=C\CC1. The molecule has 0 saturated heterocycles. The number of hydrogen-bond acceptors (Lipinski definition) is 0. The topological polar surface area (TPSA) is 0 Å². The van der Waals surface area contributed by atoms with Crippen LogP contribution >= 0.6 is 0 Å². The molecule has 0 bridgehead atoms. The largest absolute Gasteiger partial charge is 0.103 e. The van der Waals surface area contributed by atoms with Gasteiger partial charge in [0.2, 0.25) is 0 Å². The first-order valence-electron chi connectivity index (χ1n) is 5.87. The van der Waals surface area contributed by atoms with Crippen LogP contribution in [0.15, 0.2) is 36.5 Å². The fraction of sp³-hybridized carbons (Fsp3) is 0.571. The summed E-state index contributed by atoms with van der Waals surface area (Å²) < 4.78 is 0. The van der Waals surface area contributed by atoms with Crippen molar-refractivity contribution in [3.63, 3.8) is 0 Å². The molecule has 0 aromatic heterocycles. The van der Waals surface area contributed by atoms with Crippen LogP contribution in [0.3, 0.4) is 0 Å². The van der Waals surface area contributed by atoms with E-state index in [1.807, 2.05) is 6.08 Å². The van der Waals surface area contributed by atoms with Gasteiger partial charge in [0.05, 0.1) is 0 Å². The quantitative estimate of drug-likeness (QED) is 0.432. The molecule has 0 N–H and O–H groups in total. The molecule has 0 aromatic rings. The van der Waals surface area contributed by atoms with Crippen molar-refractivity contribution in [2.45, 2.75) is 51.4 Å². The normalized spacial score (nSPS) is 23.0. The molecule has 0 saturated carbocycles. The van der Waals surface area contributed by atoms with Crippen LogP contribution in [0.1, 0.15) is 51.4 Å².